The van der Waals surface area contributed by atoms with Crippen molar-refractivity contribution in [3.05, 3.63) is 153 Å². The molecular weight excluding hydrogens is 1110 g/mol. The second kappa shape index (κ2) is 24.6. The van der Waals surface area contributed by atoms with Gasteiger partial charge < -0.3 is 39.6 Å². The lowest BCUT2D eigenvalue weighted by Gasteiger charge is -2.24. The number of carbonyl (C=O) groups is 2. The van der Waals surface area contributed by atoms with Gasteiger partial charge in [-0.25, -0.2) is 14.7 Å². The summed E-state index contributed by atoms with van der Waals surface area (Å²) in [6.45, 7) is 2.64. The van der Waals surface area contributed by atoms with Gasteiger partial charge in [-0.3, -0.25) is 18.7 Å². The van der Waals surface area contributed by atoms with E-state index in [1.165, 1.54) is 9.13 Å². The summed E-state index contributed by atoms with van der Waals surface area (Å²) in [5.41, 5.74) is 10.4. The molecule has 3 fully saturated rings. The van der Waals surface area contributed by atoms with Gasteiger partial charge in [0.15, 0.2) is 11.2 Å². The molecule has 2 unspecified atom stereocenters. The molecule has 2 aromatic heterocycles. The number of nitrogens with zero attached hydrogens (tertiary/aromatic N) is 5. The Labute approximate surface area is 494 Å². The lowest BCUT2D eigenvalue weighted by molar-refractivity contribution is -0.123. The highest BCUT2D eigenvalue weighted by Gasteiger charge is 2.41. The minimum atomic E-state index is -4.16. The molecule has 3 aliphatic rings. The Morgan fingerprint density at radius 1 is 0.674 bits per heavy atom. The summed E-state index contributed by atoms with van der Waals surface area (Å²) in [6.07, 6.45) is 7.11. The molecule has 3 aliphatic heterocycles. The van der Waals surface area contributed by atoms with Gasteiger partial charge in [0.25, 0.3) is 10.2 Å². The maximum absolute atomic E-state index is 13.6. The first-order chi connectivity index (χ1) is 41.4. The third-order valence-corrected chi connectivity index (χ3v) is 16.8. The number of carbonyl (C=O) groups excluding carboxylic acids is 2. The Hall–Kier alpha value is -9.46. The lowest BCUT2D eigenvalue weighted by Crippen LogP contribution is -2.47. The van der Waals surface area contributed by atoms with Gasteiger partial charge in [-0.05, 0) is 110 Å². The normalized spacial score (nSPS) is 18.5. The molecule has 2 amide bonds. The zero-order chi connectivity index (χ0) is 60.4. The van der Waals surface area contributed by atoms with Crippen LogP contribution in [-0.2, 0) is 62.6 Å². The monoisotopic (exact) mass is 1170 g/mol. The first-order valence-electron chi connectivity index (χ1n) is 27.9. The molecule has 0 bridgehead atoms. The average Bonchev–Trinajstić information content (AvgIpc) is 2.44. The molecule has 3 saturated heterocycles. The third kappa shape index (κ3) is 12.5. The molecule has 0 radical (unpaired) electrons. The lowest BCUT2D eigenvalue weighted by atomic mass is 9.87. The number of aryl methyl sites for hydroxylation is 2. The number of ether oxygens (including phenoxy) is 2. The number of oxazole rings is 2. The van der Waals surface area contributed by atoms with Crippen molar-refractivity contribution in [1.29, 1.82) is 15.8 Å². The Kier molecular flexibility index (Phi) is 16.7. The van der Waals surface area contributed by atoms with Gasteiger partial charge in [0.1, 0.15) is 18.1 Å². The zero-order valence-electron chi connectivity index (χ0n) is 46.9. The van der Waals surface area contributed by atoms with Gasteiger partial charge in [-0.1, -0.05) is 72.7 Å². The topological polar surface area (TPSA) is 315 Å². The zero-order valence-corrected chi connectivity index (χ0v) is 47.7. The van der Waals surface area contributed by atoms with Crippen LogP contribution in [-0.4, -0.2) is 98.6 Å². The molecule has 7 atom stereocenters. The van der Waals surface area contributed by atoms with Crippen LogP contribution in [0.3, 0.4) is 0 Å². The number of nitrogens with one attached hydrogen (secondary N) is 5. The Balaban J connectivity index is 0.992. The first-order valence-corrected chi connectivity index (χ1v) is 29.4. The van der Waals surface area contributed by atoms with E-state index in [2.05, 4.69) is 44.0 Å². The number of hydrogen-bond acceptors (Lipinski definition) is 15. The predicted octanol–water partition coefficient (Wildman–Crippen LogP) is 4.98. The number of rotatable bonds is 18. The molecule has 7 N–H and O–H groups in total. The van der Waals surface area contributed by atoms with Crippen LogP contribution in [0.5, 0.6) is 0 Å². The quantitative estimate of drug-likeness (QED) is 0.0618. The fourth-order valence-electron chi connectivity index (χ4n) is 11.7. The van der Waals surface area contributed by atoms with E-state index in [1.54, 1.807) is 44.4 Å². The highest BCUT2D eigenvalue weighted by molar-refractivity contribution is 7.87. The second-order valence-corrected chi connectivity index (χ2v) is 23.3. The SMILES string of the molecule is C#Cc1ccc(-c2ccc(C[C@@H](C#N)NC(=O)C3C[C@@H]4COC[C@@H]4N3)cc2)c(-c2cc(-c3ccc(C[C@@H](C#N)NC(=O)CC4COCCN4)c(-c4cc(-c5ccc(C[C@@H](C#N)NS(N)(=O)=O)cc5)cc5c4oc(=O)n5C)c3)cc3c2oc(=O)n3C)c1. The Bertz CT molecular complexity index is 4370. The maximum Gasteiger partial charge on any atom is 0.419 e. The molecule has 11 rings (SSSR count). The fourth-order valence-corrected chi connectivity index (χ4v) is 12.2. The Morgan fingerprint density at radius 3 is 1.87 bits per heavy atom. The van der Waals surface area contributed by atoms with E-state index in [0.717, 1.165) is 16.7 Å². The number of morpholine rings is 1. The first kappa shape index (κ1) is 58.3. The number of aromatic nitrogens is 2. The van der Waals surface area contributed by atoms with Crippen LogP contribution in [0.15, 0.2) is 128 Å². The number of hydrogen-bond donors (Lipinski definition) is 6. The maximum atomic E-state index is 13.6. The molecule has 436 valence electrons. The molecule has 86 heavy (non-hydrogen) atoms. The van der Waals surface area contributed by atoms with Crippen LogP contribution < -0.4 is 42.6 Å². The van der Waals surface area contributed by atoms with Gasteiger partial charge in [0.05, 0.1) is 61.7 Å². The van der Waals surface area contributed by atoms with Crippen molar-refractivity contribution in [2.24, 2.45) is 25.2 Å². The van der Waals surface area contributed by atoms with Gasteiger partial charge in [-0.15, -0.1) is 6.42 Å². The molecule has 0 saturated carbocycles. The summed E-state index contributed by atoms with van der Waals surface area (Å²) in [5, 5.41) is 48.1. The summed E-state index contributed by atoms with van der Waals surface area (Å²) in [6, 6.07) is 36.4. The van der Waals surface area contributed by atoms with E-state index in [9.17, 15) is 43.4 Å². The minimum Gasteiger partial charge on any atom is -0.407 e. The molecule has 0 aliphatic carbocycles. The van der Waals surface area contributed by atoms with Crippen LogP contribution in [0, 0.1) is 52.3 Å². The molecule has 0 spiro atoms. The minimum absolute atomic E-state index is 0.0266. The molecule has 5 heterocycles. The molecule has 21 nitrogen and oxygen atoms in total. The number of amides is 2. The van der Waals surface area contributed by atoms with Crippen molar-refractivity contribution in [2.45, 2.75) is 68.4 Å². The number of nitriles is 3. The highest BCUT2D eigenvalue weighted by Crippen LogP contribution is 2.43. The van der Waals surface area contributed by atoms with Crippen molar-refractivity contribution in [3.8, 4) is 86.2 Å². The second-order valence-electron chi connectivity index (χ2n) is 22.0. The Morgan fingerprint density at radius 2 is 1.27 bits per heavy atom. The van der Waals surface area contributed by atoms with E-state index in [0.29, 0.717) is 117 Å². The molecule has 8 aromatic rings. The van der Waals surface area contributed by atoms with E-state index in [-0.39, 0.29) is 61.1 Å². The average molecular weight is 1170 g/mol. The molecule has 22 heteroatoms. The van der Waals surface area contributed by atoms with E-state index in [4.69, 9.17) is 29.9 Å². The summed E-state index contributed by atoms with van der Waals surface area (Å²) < 4.78 is 51.6. The summed E-state index contributed by atoms with van der Waals surface area (Å²) in [7, 11) is -0.962. The summed E-state index contributed by atoms with van der Waals surface area (Å²) in [4.78, 5) is 53.9. The fraction of sp³-hybridized carbons (Fsp3) is 0.297. The van der Waals surface area contributed by atoms with Crippen molar-refractivity contribution >= 4 is 44.2 Å². The van der Waals surface area contributed by atoms with Crippen molar-refractivity contribution in [3.63, 3.8) is 0 Å². The van der Waals surface area contributed by atoms with Crippen LogP contribution in [0.25, 0.3) is 77.8 Å². The summed E-state index contributed by atoms with van der Waals surface area (Å²) >= 11 is 0. The summed E-state index contributed by atoms with van der Waals surface area (Å²) in [5.74, 6) is 1.21. The van der Waals surface area contributed by atoms with Crippen molar-refractivity contribution < 1.29 is 36.3 Å². The molecular formula is C64H59N11O10S. The van der Waals surface area contributed by atoms with Crippen LogP contribution in [0.2, 0.25) is 0 Å². The number of nitrogens with two attached hydrogens (primary N) is 1. The number of benzene rings is 6. The van der Waals surface area contributed by atoms with Gasteiger partial charge in [-0.2, -0.15) is 28.9 Å². The van der Waals surface area contributed by atoms with E-state index < -0.39 is 45.9 Å². The van der Waals surface area contributed by atoms with Crippen molar-refractivity contribution in [2.75, 3.05) is 33.0 Å². The highest BCUT2D eigenvalue weighted by atomic mass is 32.2. The van der Waals surface area contributed by atoms with Crippen molar-refractivity contribution in [1.82, 2.24) is 35.1 Å². The van der Waals surface area contributed by atoms with Crippen LogP contribution in [0.1, 0.15) is 35.1 Å². The van der Waals surface area contributed by atoms with Gasteiger partial charge in [0, 0.05) is 81.0 Å². The number of fused-ring (bicyclic) bond motifs is 3. The standard InChI is InChI=1S/C64H59N11O10S/c1-4-36-9-16-50(40-12-7-37(8-13-40)19-46(30-65)71-62(77)55-26-45-33-83-35-56(45)72-55)52(21-36)54-25-44(28-58-61(54)85-64(79)75(58)3)41-14-15-42(22-47(31-66)70-59(76)29-49-34-82-18-17-69-49)51(23-41)53-24-43(27-57-60(53)84-63(78)74(57)2)39-10-5-38(6-11-39)20-48(32-67)73-86(68,80)81/h1,5-16,21,23-25,27-28,45-49,55-56,69,72-73H,17-20,22,26,29,33-35H2,2-3H3,(H,70,76)(H,71,77)(H2,68,80,81)/t45-,46+,47+,48+,49?,55?,56+/m1/s1. The van der Waals surface area contributed by atoms with E-state index in [1.807, 2.05) is 84.9 Å². The van der Waals surface area contributed by atoms with Crippen LogP contribution >= 0.6 is 0 Å². The smallest absolute Gasteiger partial charge is 0.407 e. The predicted molar refractivity (Wildman–Crippen MR) is 320 cm³/mol. The number of terminal acetylenes is 1. The largest absolute Gasteiger partial charge is 0.419 e. The van der Waals surface area contributed by atoms with E-state index >= 15 is 0 Å². The molecule has 6 aromatic carbocycles. The van der Waals surface area contributed by atoms with Gasteiger partial charge in [0.2, 0.25) is 11.8 Å². The van der Waals surface area contributed by atoms with Crippen LogP contribution in [0.4, 0.5) is 0 Å². The van der Waals surface area contributed by atoms with Gasteiger partial charge >= 0.3 is 11.5 Å². The third-order valence-electron chi connectivity index (χ3n) is 16.2.